The van der Waals surface area contributed by atoms with Crippen molar-refractivity contribution in [2.45, 2.75) is 13.0 Å². The lowest BCUT2D eigenvalue weighted by Gasteiger charge is -2.17. The van der Waals surface area contributed by atoms with E-state index in [9.17, 15) is 19.7 Å². The summed E-state index contributed by atoms with van der Waals surface area (Å²) in [7, 11) is 3.35. The molecule has 0 bridgehead atoms. The van der Waals surface area contributed by atoms with E-state index in [0.717, 1.165) is 6.07 Å². The summed E-state index contributed by atoms with van der Waals surface area (Å²) in [6, 6.07) is 3.82. The van der Waals surface area contributed by atoms with Crippen LogP contribution in [0.2, 0.25) is 0 Å². The van der Waals surface area contributed by atoms with E-state index >= 15 is 0 Å². The van der Waals surface area contributed by atoms with E-state index < -0.39 is 22.9 Å². The van der Waals surface area contributed by atoms with E-state index in [-0.39, 0.29) is 11.3 Å². The number of ether oxygens (including phenoxy) is 1. The first-order valence-corrected chi connectivity index (χ1v) is 5.70. The van der Waals surface area contributed by atoms with Crippen LogP contribution in [0.4, 0.5) is 11.4 Å². The number of rotatable bonds is 5. The van der Waals surface area contributed by atoms with Gasteiger partial charge in [0.25, 0.3) is 11.6 Å². The molecule has 0 unspecified atom stereocenters. The summed E-state index contributed by atoms with van der Waals surface area (Å²) >= 11 is 0. The largest absolute Gasteiger partial charge is 0.449 e. The minimum absolute atomic E-state index is 0.00250. The third-order valence-corrected chi connectivity index (χ3v) is 2.58. The van der Waals surface area contributed by atoms with Crippen LogP contribution in [0.1, 0.15) is 17.3 Å². The number of carbonyl (C=O) groups is 2. The molecule has 0 aliphatic rings. The zero-order valence-corrected chi connectivity index (χ0v) is 11.3. The highest BCUT2D eigenvalue weighted by Gasteiger charge is 2.22. The predicted molar refractivity (Wildman–Crippen MR) is 71.5 cm³/mol. The van der Waals surface area contributed by atoms with Gasteiger partial charge in [0.15, 0.2) is 6.10 Å². The maximum absolute atomic E-state index is 12.0. The molecule has 0 aliphatic carbocycles. The molecule has 1 rings (SSSR count). The molecular weight excluding hydrogens is 266 g/mol. The summed E-state index contributed by atoms with van der Waals surface area (Å²) in [4.78, 5) is 34.6. The number of hydrogen-bond donors (Lipinski definition) is 1. The van der Waals surface area contributed by atoms with Gasteiger partial charge in [-0.3, -0.25) is 14.9 Å². The van der Waals surface area contributed by atoms with Crippen LogP contribution in [0, 0.1) is 10.1 Å². The molecule has 0 fully saturated rings. The van der Waals surface area contributed by atoms with Crippen LogP contribution in [0.25, 0.3) is 0 Å². The van der Waals surface area contributed by atoms with E-state index in [1.165, 1.54) is 19.1 Å². The summed E-state index contributed by atoms with van der Waals surface area (Å²) in [5.41, 5.74) is 5.20. The standard InChI is InChI=1S/C12H15N3O5/c1-7(11(13)16)20-12(17)9-6-8(15(18)19)4-5-10(9)14(2)3/h4-7H,1-3H3,(H2,13,16)/t7-/m1/s1. The zero-order chi connectivity index (χ0) is 15.4. The second-order valence-corrected chi connectivity index (χ2v) is 4.30. The molecule has 2 N–H and O–H groups in total. The van der Waals surface area contributed by atoms with Gasteiger partial charge in [0.2, 0.25) is 0 Å². The fraction of sp³-hybridized carbons (Fsp3) is 0.333. The third-order valence-electron chi connectivity index (χ3n) is 2.58. The molecule has 0 radical (unpaired) electrons. The second kappa shape index (κ2) is 6.00. The lowest BCUT2D eigenvalue weighted by atomic mass is 10.1. The quantitative estimate of drug-likeness (QED) is 0.482. The highest BCUT2D eigenvalue weighted by molar-refractivity contribution is 5.98. The first-order valence-electron chi connectivity index (χ1n) is 5.70. The molecule has 0 saturated carbocycles. The average Bonchev–Trinajstić information content (AvgIpc) is 2.37. The van der Waals surface area contributed by atoms with E-state index in [4.69, 9.17) is 10.5 Å². The average molecular weight is 281 g/mol. The number of nitro benzene ring substituents is 1. The second-order valence-electron chi connectivity index (χ2n) is 4.30. The van der Waals surface area contributed by atoms with Crippen LogP contribution in [0.5, 0.6) is 0 Å². The van der Waals surface area contributed by atoms with Crippen LogP contribution in [0.3, 0.4) is 0 Å². The number of nitrogens with two attached hydrogens (primary N) is 1. The Bertz CT molecular complexity index is 556. The molecule has 0 spiro atoms. The van der Waals surface area contributed by atoms with E-state index in [1.807, 2.05) is 0 Å². The number of non-ortho nitro benzene ring substituents is 1. The number of amides is 1. The maximum atomic E-state index is 12.0. The van der Waals surface area contributed by atoms with Crippen molar-refractivity contribution in [3.05, 3.63) is 33.9 Å². The van der Waals surface area contributed by atoms with Gasteiger partial charge in [-0.25, -0.2) is 4.79 Å². The third kappa shape index (κ3) is 3.44. The van der Waals surface area contributed by atoms with Gasteiger partial charge in [-0.1, -0.05) is 0 Å². The molecule has 8 nitrogen and oxygen atoms in total. The van der Waals surface area contributed by atoms with Gasteiger partial charge in [0, 0.05) is 26.2 Å². The van der Waals surface area contributed by atoms with Gasteiger partial charge in [0.05, 0.1) is 16.2 Å². The minimum Gasteiger partial charge on any atom is -0.449 e. The molecule has 8 heteroatoms. The summed E-state index contributed by atoms with van der Waals surface area (Å²) in [6.07, 6.45) is -1.11. The Morgan fingerprint density at radius 2 is 2.00 bits per heavy atom. The molecule has 1 aromatic carbocycles. The van der Waals surface area contributed by atoms with Crippen molar-refractivity contribution >= 4 is 23.3 Å². The SMILES string of the molecule is C[C@@H](OC(=O)c1cc([N+](=O)[O-])ccc1N(C)C)C(N)=O. The van der Waals surface area contributed by atoms with Crippen molar-refractivity contribution in [2.24, 2.45) is 5.73 Å². The number of esters is 1. The van der Waals surface area contributed by atoms with Crippen LogP contribution >= 0.6 is 0 Å². The Hall–Kier alpha value is -2.64. The lowest BCUT2D eigenvalue weighted by molar-refractivity contribution is -0.384. The normalized spacial score (nSPS) is 11.6. The Balaban J connectivity index is 3.18. The fourth-order valence-electron chi connectivity index (χ4n) is 1.47. The molecule has 20 heavy (non-hydrogen) atoms. The number of primary amides is 1. The van der Waals surface area contributed by atoms with E-state index in [2.05, 4.69) is 0 Å². The summed E-state index contributed by atoms with van der Waals surface area (Å²) < 4.78 is 4.86. The number of hydrogen-bond acceptors (Lipinski definition) is 6. The van der Waals surface area contributed by atoms with Crippen molar-refractivity contribution in [1.29, 1.82) is 0 Å². The Morgan fingerprint density at radius 1 is 1.40 bits per heavy atom. The zero-order valence-electron chi connectivity index (χ0n) is 11.3. The summed E-state index contributed by atoms with van der Waals surface area (Å²) in [6.45, 7) is 1.33. The molecule has 1 aromatic rings. The van der Waals surface area contributed by atoms with Crippen molar-refractivity contribution < 1.29 is 19.2 Å². The van der Waals surface area contributed by atoms with E-state index in [0.29, 0.717) is 5.69 Å². The highest BCUT2D eigenvalue weighted by atomic mass is 16.6. The van der Waals surface area contributed by atoms with Gasteiger partial charge in [-0.15, -0.1) is 0 Å². The monoisotopic (exact) mass is 281 g/mol. The highest BCUT2D eigenvalue weighted by Crippen LogP contribution is 2.25. The van der Waals surface area contributed by atoms with Crippen LogP contribution in [-0.2, 0) is 9.53 Å². The van der Waals surface area contributed by atoms with Crippen molar-refractivity contribution in [2.75, 3.05) is 19.0 Å². The number of nitro groups is 1. The van der Waals surface area contributed by atoms with Gasteiger partial charge in [-0.05, 0) is 13.0 Å². The Morgan fingerprint density at radius 3 is 2.45 bits per heavy atom. The number of carbonyl (C=O) groups excluding carboxylic acids is 2. The van der Waals surface area contributed by atoms with Crippen LogP contribution in [-0.4, -0.2) is 37.0 Å². The maximum Gasteiger partial charge on any atom is 0.341 e. The molecule has 1 atom stereocenters. The molecule has 0 heterocycles. The fourth-order valence-corrected chi connectivity index (χ4v) is 1.47. The summed E-state index contributed by atoms with van der Waals surface area (Å²) in [5.74, 6) is -1.64. The molecule has 0 aromatic heterocycles. The minimum atomic E-state index is -1.11. The summed E-state index contributed by atoms with van der Waals surface area (Å²) in [5, 5.41) is 10.8. The molecule has 0 saturated heterocycles. The van der Waals surface area contributed by atoms with E-state index in [1.54, 1.807) is 19.0 Å². The lowest BCUT2D eigenvalue weighted by Crippen LogP contribution is -2.31. The van der Waals surface area contributed by atoms with Crippen molar-refractivity contribution in [3.8, 4) is 0 Å². The van der Waals surface area contributed by atoms with Gasteiger partial charge >= 0.3 is 5.97 Å². The van der Waals surface area contributed by atoms with Gasteiger partial charge in [-0.2, -0.15) is 0 Å². The topological polar surface area (TPSA) is 116 Å². The predicted octanol–water partition coefficient (Wildman–Crippen LogP) is 0.691. The first kappa shape index (κ1) is 15.4. The number of nitrogens with zero attached hydrogens (tertiary/aromatic N) is 2. The van der Waals surface area contributed by atoms with Crippen molar-refractivity contribution in [3.63, 3.8) is 0 Å². The van der Waals surface area contributed by atoms with Gasteiger partial charge in [0.1, 0.15) is 0 Å². The molecule has 1 amide bonds. The Labute approximate surface area is 115 Å². The molecule has 0 aliphatic heterocycles. The Kier molecular flexibility index (Phi) is 4.63. The van der Waals surface area contributed by atoms with Crippen molar-refractivity contribution in [1.82, 2.24) is 0 Å². The first-order chi connectivity index (χ1) is 9.23. The van der Waals surface area contributed by atoms with Crippen LogP contribution < -0.4 is 10.6 Å². The van der Waals surface area contributed by atoms with Crippen LogP contribution in [0.15, 0.2) is 18.2 Å². The molecule has 108 valence electrons. The number of anilines is 1. The van der Waals surface area contributed by atoms with Gasteiger partial charge < -0.3 is 15.4 Å². The smallest absolute Gasteiger partial charge is 0.341 e. The molecular formula is C12H15N3O5. The number of benzene rings is 1.